The summed E-state index contributed by atoms with van der Waals surface area (Å²) in [6, 6.07) is 0.319. The maximum Gasteiger partial charge on any atom is 0.120 e. The standard InChI is InChI=1S/C5H8N2/c1-4-3-6-5(2)7-4/h3-4H,1-2H3. The maximum absolute atomic E-state index is 4.08. The zero-order valence-electron chi connectivity index (χ0n) is 4.55. The van der Waals surface area contributed by atoms with Gasteiger partial charge in [-0.2, -0.15) is 0 Å². The Morgan fingerprint density at radius 1 is 1.71 bits per heavy atom. The zero-order valence-corrected chi connectivity index (χ0v) is 4.55. The highest BCUT2D eigenvalue weighted by molar-refractivity contribution is 5.94. The van der Waals surface area contributed by atoms with Gasteiger partial charge >= 0.3 is 0 Å². The molecule has 1 unspecified atom stereocenters. The third kappa shape index (κ3) is 0.856. The Hall–Kier alpha value is -0.660. The Labute approximate surface area is 43.0 Å². The van der Waals surface area contributed by atoms with E-state index in [9.17, 15) is 0 Å². The topological polar surface area (TPSA) is 24.7 Å². The van der Waals surface area contributed by atoms with Crippen LogP contribution in [0.3, 0.4) is 0 Å². The predicted octanol–water partition coefficient (Wildman–Crippen LogP) is 0.878. The molecular formula is C5H8N2. The van der Waals surface area contributed by atoms with E-state index in [1.54, 1.807) is 0 Å². The lowest BCUT2D eigenvalue weighted by Crippen LogP contribution is -1.91. The quantitative estimate of drug-likeness (QED) is 0.427. The largest absolute Gasteiger partial charge is 0.262 e. The molecule has 0 spiro atoms. The third-order valence-electron chi connectivity index (χ3n) is 0.868. The van der Waals surface area contributed by atoms with Crippen LogP contribution in [0.5, 0.6) is 0 Å². The Balaban J connectivity index is 2.69. The van der Waals surface area contributed by atoms with Gasteiger partial charge in [0.15, 0.2) is 0 Å². The van der Waals surface area contributed by atoms with E-state index in [1.165, 1.54) is 0 Å². The average Bonchev–Trinajstić information content (AvgIpc) is 1.87. The number of hydrogen-bond acceptors (Lipinski definition) is 2. The van der Waals surface area contributed by atoms with E-state index >= 15 is 0 Å². The van der Waals surface area contributed by atoms with Crippen molar-refractivity contribution in [1.82, 2.24) is 0 Å². The van der Waals surface area contributed by atoms with Crippen LogP contribution >= 0.6 is 0 Å². The van der Waals surface area contributed by atoms with E-state index in [4.69, 9.17) is 0 Å². The van der Waals surface area contributed by atoms with E-state index < -0.39 is 0 Å². The van der Waals surface area contributed by atoms with Crippen molar-refractivity contribution in [2.45, 2.75) is 19.9 Å². The molecule has 0 aromatic carbocycles. The number of nitrogens with zero attached hydrogens (tertiary/aromatic N) is 2. The normalized spacial score (nSPS) is 28.3. The Morgan fingerprint density at radius 2 is 2.43 bits per heavy atom. The van der Waals surface area contributed by atoms with Crippen LogP contribution in [0.15, 0.2) is 9.98 Å². The van der Waals surface area contributed by atoms with Crippen molar-refractivity contribution in [3.8, 4) is 0 Å². The molecule has 0 N–H and O–H groups in total. The van der Waals surface area contributed by atoms with Gasteiger partial charge in [0.1, 0.15) is 5.84 Å². The molecule has 0 radical (unpaired) electrons. The molecule has 1 heterocycles. The maximum atomic E-state index is 4.08. The van der Waals surface area contributed by atoms with Gasteiger partial charge < -0.3 is 0 Å². The van der Waals surface area contributed by atoms with Crippen molar-refractivity contribution in [1.29, 1.82) is 0 Å². The molecule has 0 amide bonds. The van der Waals surface area contributed by atoms with Crippen LogP contribution in [0.25, 0.3) is 0 Å². The van der Waals surface area contributed by atoms with Gasteiger partial charge in [-0.25, -0.2) is 4.99 Å². The van der Waals surface area contributed by atoms with E-state index in [0.717, 1.165) is 5.84 Å². The molecule has 0 bridgehead atoms. The van der Waals surface area contributed by atoms with Crippen molar-refractivity contribution < 1.29 is 0 Å². The van der Waals surface area contributed by atoms with Gasteiger partial charge in [0.2, 0.25) is 0 Å². The van der Waals surface area contributed by atoms with Crippen LogP contribution in [0.4, 0.5) is 0 Å². The third-order valence-corrected chi connectivity index (χ3v) is 0.868. The van der Waals surface area contributed by atoms with Gasteiger partial charge in [0, 0.05) is 6.21 Å². The average molecular weight is 96.1 g/mol. The molecule has 1 rings (SSSR count). The van der Waals surface area contributed by atoms with Gasteiger partial charge in [0.05, 0.1) is 6.04 Å². The number of hydrogen-bond donors (Lipinski definition) is 0. The lowest BCUT2D eigenvalue weighted by molar-refractivity contribution is 1.02. The minimum absolute atomic E-state index is 0.319. The molecule has 38 valence electrons. The fourth-order valence-corrected chi connectivity index (χ4v) is 0.577. The Kier molecular flexibility index (Phi) is 0.929. The number of amidine groups is 1. The summed E-state index contributed by atoms with van der Waals surface area (Å²) < 4.78 is 0. The van der Waals surface area contributed by atoms with Crippen LogP contribution < -0.4 is 0 Å². The summed E-state index contributed by atoms with van der Waals surface area (Å²) in [6.07, 6.45) is 1.84. The summed E-state index contributed by atoms with van der Waals surface area (Å²) >= 11 is 0. The second-order valence-corrected chi connectivity index (χ2v) is 1.70. The van der Waals surface area contributed by atoms with Crippen LogP contribution in [-0.4, -0.2) is 18.1 Å². The van der Waals surface area contributed by atoms with Crippen molar-refractivity contribution in [2.75, 3.05) is 0 Å². The van der Waals surface area contributed by atoms with Crippen molar-refractivity contribution in [2.24, 2.45) is 9.98 Å². The first-order valence-corrected chi connectivity index (χ1v) is 2.37. The van der Waals surface area contributed by atoms with Gasteiger partial charge in [-0.15, -0.1) is 0 Å². The molecule has 2 heteroatoms. The smallest absolute Gasteiger partial charge is 0.120 e. The molecule has 2 nitrogen and oxygen atoms in total. The highest BCUT2D eigenvalue weighted by Gasteiger charge is 1.99. The van der Waals surface area contributed by atoms with Crippen LogP contribution in [0.1, 0.15) is 13.8 Å². The van der Waals surface area contributed by atoms with Gasteiger partial charge in [-0.3, -0.25) is 4.99 Å². The zero-order chi connectivity index (χ0) is 5.28. The molecule has 1 aliphatic heterocycles. The molecule has 0 fully saturated rings. The first-order chi connectivity index (χ1) is 3.29. The molecule has 0 saturated carbocycles. The van der Waals surface area contributed by atoms with Gasteiger partial charge in [-0.1, -0.05) is 0 Å². The molecular weight excluding hydrogens is 88.1 g/mol. The molecule has 0 saturated heterocycles. The predicted molar refractivity (Wildman–Crippen MR) is 31.1 cm³/mol. The lowest BCUT2D eigenvalue weighted by Gasteiger charge is -1.83. The summed E-state index contributed by atoms with van der Waals surface area (Å²) in [5.41, 5.74) is 0. The first kappa shape index (κ1) is 4.50. The summed E-state index contributed by atoms with van der Waals surface area (Å²) in [4.78, 5) is 8.03. The molecule has 1 aliphatic rings. The van der Waals surface area contributed by atoms with Gasteiger partial charge in [0.25, 0.3) is 0 Å². The molecule has 0 aliphatic carbocycles. The number of aliphatic imine (C=N–C) groups is 2. The Morgan fingerprint density at radius 3 is 2.57 bits per heavy atom. The second-order valence-electron chi connectivity index (χ2n) is 1.70. The van der Waals surface area contributed by atoms with Crippen molar-refractivity contribution >= 4 is 12.1 Å². The molecule has 1 atom stereocenters. The van der Waals surface area contributed by atoms with Crippen molar-refractivity contribution in [3.05, 3.63) is 0 Å². The van der Waals surface area contributed by atoms with Crippen LogP contribution in [0, 0.1) is 0 Å². The SMILES string of the molecule is CC1=NC(C)C=N1. The van der Waals surface area contributed by atoms with Crippen LogP contribution in [0.2, 0.25) is 0 Å². The first-order valence-electron chi connectivity index (χ1n) is 2.37. The molecule has 0 aromatic heterocycles. The van der Waals surface area contributed by atoms with E-state index in [2.05, 4.69) is 9.98 Å². The molecule has 7 heavy (non-hydrogen) atoms. The van der Waals surface area contributed by atoms with Crippen LogP contribution in [-0.2, 0) is 0 Å². The summed E-state index contributed by atoms with van der Waals surface area (Å²) in [6.45, 7) is 3.92. The minimum atomic E-state index is 0.319. The lowest BCUT2D eigenvalue weighted by atomic mass is 10.4. The van der Waals surface area contributed by atoms with E-state index in [0.29, 0.717) is 6.04 Å². The highest BCUT2D eigenvalue weighted by Crippen LogP contribution is 1.95. The van der Waals surface area contributed by atoms with E-state index in [-0.39, 0.29) is 0 Å². The minimum Gasteiger partial charge on any atom is -0.262 e. The molecule has 0 aromatic rings. The number of rotatable bonds is 0. The van der Waals surface area contributed by atoms with E-state index in [1.807, 2.05) is 20.1 Å². The van der Waals surface area contributed by atoms with Gasteiger partial charge in [-0.05, 0) is 13.8 Å². The highest BCUT2D eigenvalue weighted by atomic mass is 15.0. The fourth-order valence-electron chi connectivity index (χ4n) is 0.577. The fraction of sp³-hybridized carbons (Fsp3) is 0.600. The summed E-state index contributed by atoms with van der Waals surface area (Å²) in [5.74, 6) is 0.896. The second kappa shape index (κ2) is 1.45. The van der Waals surface area contributed by atoms with Crippen molar-refractivity contribution in [3.63, 3.8) is 0 Å². The summed E-state index contributed by atoms with van der Waals surface area (Å²) in [7, 11) is 0. The monoisotopic (exact) mass is 96.1 g/mol. The Bertz CT molecular complexity index is 124. The summed E-state index contributed by atoms with van der Waals surface area (Å²) in [5, 5.41) is 0.